The Hall–Kier alpha value is 0.580. The summed E-state index contributed by atoms with van der Waals surface area (Å²) in [6, 6.07) is 0. The van der Waals surface area contributed by atoms with E-state index in [1.165, 1.54) is 0 Å². The van der Waals surface area contributed by atoms with Crippen molar-refractivity contribution in [3.8, 4) is 0 Å². The molecular formula is C13H32NO4PS. The average Bonchev–Trinajstić information content (AvgIpc) is 2.40. The van der Waals surface area contributed by atoms with Gasteiger partial charge in [-0.1, -0.05) is 46.5 Å². The van der Waals surface area contributed by atoms with Crippen molar-refractivity contribution >= 4 is 16.8 Å². The highest BCUT2D eigenvalue weighted by molar-refractivity contribution is 8.27. The van der Waals surface area contributed by atoms with Crippen molar-refractivity contribution in [3.05, 3.63) is 0 Å². The van der Waals surface area contributed by atoms with Crippen LogP contribution in [0.15, 0.2) is 0 Å². The smallest absolute Gasteiger partial charge is 0.277 e. The highest BCUT2D eigenvalue weighted by Gasteiger charge is 2.32. The van der Waals surface area contributed by atoms with Gasteiger partial charge in [0.1, 0.15) is 0 Å². The van der Waals surface area contributed by atoms with Gasteiger partial charge in [0.05, 0.1) is 5.60 Å². The van der Waals surface area contributed by atoms with Crippen LogP contribution in [-0.2, 0) is 14.9 Å². The van der Waals surface area contributed by atoms with Crippen molar-refractivity contribution in [1.82, 2.24) is 0 Å². The molecule has 5 nitrogen and oxygen atoms in total. The third-order valence-electron chi connectivity index (χ3n) is 3.44. The van der Waals surface area contributed by atoms with Crippen LogP contribution < -0.4 is 5.90 Å². The van der Waals surface area contributed by atoms with Gasteiger partial charge in [-0.2, -0.15) is 0 Å². The SMILES string of the molecule is CCCCC(CCCC)(CS(CCC)=P(O)(O)O)ON. The zero-order valence-electron chi connectivity index (χ0n) is 13.0. The molecule has 0 aliphatic rings. The number of rotatable bonds is 11. The largest absolute Gasteiger partial charge is 0.329 e. The van der Waals surface area contributed by atoms with E-state index in [-0.39, 0.29) is 0 Å². The van der Waals surface area contributed by atoms with Gasteiger partial charge in [-0.15, -0.1) is 10.1 Å². The average molecular weight is 329 g/mol. The number of hydrogen-bond donors (Lipinski definition) is 4. The summed E-state index contributed by atoms with van der Waals surface area (Å²) in [6.07, 6.45) is 6.44. The third-order valence-corrected chi connectivity index (χ3v) is 8.88. The highest BCUT2D eigenvalue weighted by Crippen LogP contribution is 2.40. The summed E-state index contributed by atoms with van der Waals surface area (Å²) in [7, 11) is -0.845. The van der Waals surface area contributed by atoms with E-state index in [0.717, 1.165) is 44.9 Å². The lowest BCUT2D eigenvalue weighted by Crippen LogP contribution is -2.41. The lowest BCUT2D eigenvalue weighted by Gasteiger charge is -2.34. The Morgan fingerprint density at radius 1 is 1.00 bits per heavy atom. The molecule has 20 heavy (non-hydrogen) atoms. The Labute approximate surface area is 125 Å². The molecule has 1 unspecified atom stereocenters. The second-order valence-corrected chi connectivity index (χ2v) is 11.0. The van der Waals surface area contributed by atoms with Gasteiger partial charge in [-0.25, -0.2) is 5.90 Å². The van der Waals surface area contributed by atoms with Crippen LogP contribution in [0.5, 0.6) is 0 Å². The van der Waals surface area contributed by atoms with Crippen molar-refractivity contribution in [2.24, 2.45) is 5.90 Å². The molecule has 0 fully saturated rings. The van der Waals surface area contributed by atoms with Crippen molar-refractivity contribution in [2.45, 2.75) is 71.3 Å². The maximum absolute atomic E-state index is 9.66. The lowest BCUT2D eigenvalue weighted by atomic mass is 9.93. The Balaban J connectivity index is 5.18. The van der Waals surface area contributed by atoms with Gasteiger partial charge in [0, 0.05) is 5.75 Å². The molecule has 0 aromatic carbocycles. The lowest BCUT2D eigenvalue weighted by molar-refractivity contribution is -0.0449. The molecule has 0 aliphatic carbocycles. The van der Waals surface area contributed by atoms with Crippen LogP contribution in [0.4, 0.5) is 0 Å². The standard InChI is InChI=1S/C13H32NO4PS/c1-4-7-9-13(18-14,10-8-5-2)12-20(11-6-3)19(15,16)17/h15-17H,4-12,14H2,1-3H3. The van der Waals surface area contributed by atoms with E-state index < -0.39 is 22.4 Å². The monoisotopic (exact) mass is 329 g/mol. The molecule has 124 valence electrons. The Kier molecular flexibility index (Phi) is 10.6. The summed E-state index contributed by atoms with van der Waals surface area (Å²) in [5.74, 6) is 6.59. The summed E-state index contributed by atoms with van der Waals surface area (Å²) < 4.78 is 0. The molecule has 0 heterocycles. The topological polar surface area (TPSA) is 95.9 Å². The van der Waals surface area contributed by atoms with Crippen LogP contribution in [0.2, 0.25) is 0 Å². The van der Waals surface area contributed by atoms with Crippen LogP contribution in [0.3, 0.4) is 0 Å². The Morgan fingerprint density at radius 2 is 1.50 bits per heavy atom. The summed E-state index contributed by atoms with van der Waals surface area (Å²) in [4.78, 5) is 34.3. The van der Waals surface area contributed by atoms with Gasteiger partial charge in [0.25, 0.3) is 6.72 Å². The van der Waals surface area contributed by atoms with Crippen molar-refractivity contribution in [2.75, 3.05) is 11.5 Å². The molecule has 0 radical (unpaired) electrons. The maximum atomic E-state index is 9.66. The minimum absolute atomic E-state index is 0.439. The fourth-order valence-electron chi connectivity index (χ4n) is 2.24. The molecule has 5 N–H and O–H groups in total. The predicted molar refractivity (Wildman–Crippen MR) is 88.0 cm³/mol. The highest BCUT2D eigenvalue weighted by atomic mass is 32.5. The first-order valence-corrected chi connectivity index (χ1v) is 11.3. The zero-order valence-corrected chi connectivity index (χ0v) is 14.8. The predicted octanol–water partition coefficient (Wildman–Crippen LogP) is 2.68. The van der Waals surface area contributed by atoms with E-state index in [0.29, 0.717) is 11.5 Å². The second kappa shape index (κ2) is 10.3. The van der Waals surface area contributed by atoms with E-state index in [4.69, 9.17) is 10.7 Å². The van der Waals surface area contributed by atoms with Crippen molar-refractivity contribution in [1.29, 1.82) is 0 Å². The van der Waals surface area contributed by atoms with E-state index in [1.54, 1.807) is 0 Å². The van der Waals surface area contributed by atoms with E-state index in [9.17, 15) is 14.7 Å². The van der Waals surface area contributed by atoms with Crippen LogP contribution in [0, 0.1) is 0 Å². The minimum Gasteiger partial charge on any atom is -0.329 e. The van der Waals surface area contributed by atoms with Crippen LogP contribution in [-0.4, -0.2) is 31.8 Å². The van der Waals surface area contributed by atoms with Gasteiger partial charge in [-0.05, 0) is 25.0 Å². The van der Waals surface area contributed by atoms with E-state index >= 15 is 0 Å². The molecule has 0 rings (SSSR count). The molecule has 0 bridgehead atoms. The first-order chi connectivity index (χ1) is 9.35. The molecule has 0 aromatic heterocycles. The molecule has 0 saturated heterocycles. The first kappa shape index (κ1) is 20.6. The first-order valence-electron chi connectivity index (χ1n) is 7.48. The van der Waals surface area contributed by atoms with Gasteiger partial charge in [-0.3, -0.25) is 4.84 Å². The zero-order chi connectivity index (χ0) is 15.6. The second-order valence-electron chi connectivity index (χ2n) is 5.33. The van der Waals surface area contributed by atoms with Gasteiger partial charge in [0.15, 0.2) is 0 Å². The fourth-order valence-corrected chi connectivity index (χ4v) is 6.75. The summed E-state index contributed by atoms with van der Waals surface area (Å²) >= 11 is 0. The molecule has 7 heteroatoms. The minimum atomic E-state index is -3.82. The number of nitrogens with two attached hydrogens (primary N) is 1. The molecule has 0 aromatic rings. The van der Waals surface area contributed by atoms with Crippen molar-refractivity contribution in [3.63, 3.8) is 0 Å². The molecular weight excluding hydrogens is 297 g/mol. The molecule has 0 aliphatic heterocycles. The molecule has 1 atom stereocenters. The van der Waals surface area contributed by atoms with Crippen LogP contribution in [0.25, 0.3) is 0 Å². The summed E-state index contributed by atoms with van der Waals surface area (Å²) in [5, 5.41) is 0. The summed E-state index contributed by atoms with van der Waals surface area (Å²) in [6.45, 7) is 2.36. The van der Waals surface area contributed by atoms with Crippen LogP contribution in [0.1, 0.15) is 65.7 Å². The number of unbranched alkanes of at least 4 members (excludes halogenated alkanes) is 2. The normalized spacial score (nSPS) is 14.6. The van der Waals surface area contributed by atoms with Gasteiger partial charge in [0.2, 0.25) is 0 Å². The van der Waals surface area contributed by atoms with E-state index in [1.807, 2.05) is 6.92 Å². The molecule has 0 saturated carbocycles. The van der Waals surface area contributed by atoms with E-state index in [2.05, 4.69) is 13.8 Å². The Bertz CT molecular complexity index is 303. The fraction of sp³-hybridized carbons (Fsp3) is 1.00. The van der Waals surface area contributed by atoms with Crippen LogP contribution >= 0.6 is 6.72 Å². The summed E-state index contributed by atoms with van der Waals surface area (Å²) in [5.41, 5.74) is -0.538. The van der Waals surface area contributed by atoms with Gasteiger partial charge < -0.3 is 14.7 Å². The molecule has 0 amide bonds. The third kappa shape index (κ3) is 7.55. The quantitative estimate of drug-likeness (QED) is 0.345. The number of hydrogen-bond acceptors (Lipinski definition) is 2. The van der Waals surface area contributed by atoms with Crippen molar-refractivity contribution < 1.29 is 19.5 Å². The maximum Gasteiger partial charge on any atom is 0.277 e. The Morgan fingerprint density at radius 3 is 1.80 bits per heavy atom. The van der Waals surface area contributed by atoms with Gasteiger partial charge >= 0.3 is 0 Å². The molecule has 0 spiro atoms.